The highest BCUT2D eigenvalue weighted by atomic mass is 31.2. The van der Waals surface area contributed by atoms with E-state index in [-0.39, 0.29) is 18.6 Å². The molecule has 0 saturated carbocycles. The molecule has 12 nitrogen and oxygen atoms in total. The quantitative estimate of drug-likeness (QED) is 0.0132. The number of carbonyl (C=O) groups excluding carboxylic acids is 3. The number of rotatable bonds is 40. The number of carboxylic acids is 1. The zero-order chi connectivity index (χ0) is 43.7. The van der Waals surface area contributed by atoms with Crippen molar-refractivity contribution < 1.29 is 52.3 Å². The number of hydrogen-bond acceptors (Lipinski definition) is 10. The lowest BCUT2D eigenvalue weighted by atomic mass is 10.1. The lowest BCUT2D eigenvalue weighted by Gasteiger charge is -2.20. The predicted octanol–water partition coefficient (Wildman–Crippen LogP) is 10.9. The maximum absolute atomic E-state index is 12.6. The average molecular weight is 850 g/mol. The third kappa shape index (κ3) is 39.8. The molecule has 0 fully saturated rings. The largest absolute Gasteiger partial charge is 0.480 e. The normalized spacial score (nSPS) is 14.3. The topological polar surface area (TPSA) is 189 Å². The molecule has 0 aromatic rings. The van der Waals surface area contributed by atoms with Crippen LogP contribution in [-0.4, -0.2) is 65.7 Å². The van der Waals surface area contributed by atoms with Gasteiger partial charge in [0, 0.05) is 19.3 Å². The molecule has 4 N–H and O–H groups in total. The van der Waals surface area contributed by atoms with Crippen LogP contribution in [0.3, 0.4) is 0 Å². The number of carbonyl (C=O) groups is 4. The Morgan fingerprint density at radius 2 is 1.05 bits per heavy atom. The van der Waals surface area contributed by atoms with E-state index >= 15 is 0 Å². The summed E-state index contributed by atoms with van der Waals surface area (Å²) in [5.74, 6) is -2.35. The minimum Gasteiger partial charge on any atom is -0.480 e. The van der Waals surface area contributed by atoms with E-state index in [1.54, 1.807) is 12.2 Å². The second-order valence-corrected chi connectivity index (χ2v) is 16.0. The van der Waals surface area contributed by atoms with Crippen LogP contribution in [-0.2, 0) is 42.3 Å². The smallest absolute Gasteiger partial charge is 0.472 e. The Morgan fingerprint density at radius 3 is 1.66 bits per heavy atom. The molecule has 59 heavy (non-hydrogen) atoms. The first-order chi connectivity index (χ1) is 28.5. The fourth-order valence-corrected chi connectivity index (χ4v) is 6.16. The first-order valence-corrected chi connectivity index (χ1v) is 23.4. The van der Waals surface area contributed by atoms with Gasteiger partial charge in [0.05, 0.1) is 13.2 Å². The monoisotopic (exact) mass is 850 g/mol. The molecule has 0 heterocycles. The van der Waals surface area contributed by atoms with Gasteiger partial charge in [-0.2, -0.15) is 0 Å². The molecule has 1 unspecified atom stereocenters. The summed E-state index contributed by atoms with van der Waals surface area (Å²) in [7, 11) is -4.75. The maximum atomic E-state index is 12.6. The Bertz CT molecular complexity index is 1340. The second-order valence-electron chi connectivity index (χ2n) is 14.5. The molecule has 0 radical (unpaired) electrons. The number of aliphatic carboxylic acids is 1. The van der Waals surface area contributed by atoms with E-state index in [0.717, 1.165) is 89.9 Å². The summed E-state index contributed by atoms with van der Waals surface area (Å²) < 4.78 is 32.6. The van der Waals surface area contributed by atoms with Gasteiger partial charge in [0.25, 0.3) is 0 Å². The van der Waals surface area contributed by atoms with Crippen molar-refractivity contribution in [3.05, 3.63) is 72.9 Å². The van der Waals surface area contributed by atoms with Crippen LogP contribution in [0.25, 0.3) is 0 Å². The maximum Gasteiger partial charge on any atom is 0.472 e. The van der Waals surface area contributed by atoms with Gasteiger partial charge in [-0.25, -0.2) is 4.57 Å². The van der Waals surface area contributed by atoms with Crippen LogP contribution < -0.4 is 5.73 Å². The molecular weight excluding hydrogens is 773 g/mol. The minimum atomic E-state index is -4.75. The summed E-state index contributed by atoms with van der Waals surface area (Å²) in [6, 6.07) is -1.54. The molecule has 0 aliphatic carbocycles. The zero-order valence-corrected chi connectivity index (χ0v) is 37.0. The highest BCUT2D eigenvalue weighted by Crippen LogP contribution is 2.43. The van der Waals surface area contributed by atoms with Crippen molar-refractivity contribution in [1.82, 2.24) is 0 Å². The third-order valence-corrected chi connectivity index (χ3v) is 9.85. The van der Waals surface area contributed by atoms with Gasteiger partial charge in [0.2, 0.25) is 0 Å². The number of ketones is 1. The number of ether oxygens (including phenoxy) is 2. The molecule has 13 heteroatoms. The van der Waals surface area contributed by atoms with Crippen molar-refractivity contribution in [2.24, 2.45) is 5.73 Å². The molecule has 0 aromatic carbocycles. The van der Waals surface area contributed by atoms with Gasteiger partial charge in [-0.05, 0) is 83.1 Å². The molecule has 0 rings (SSSR count). The molecular formula is C46H76NO11P. The van der Waals surface area contributed by atoms with Crippen molar-refractivity contribution in [3.8, 4) is 0 Å². The van der Waals surface area contributed by atoms with Crippen LogP contribution in [0.15, 0.2) is 72.9 Å². The number of hydrogen-bond donors (Lipinski definition) is 3. The van der Waals surface area contributed by atoms with Crippen LogP contribution in [0.4, 0.5) is 0 Å². The average Bonchev–Trinajstić information content (AvgIpc) is 3.20. The summed E-state index contributed by atoms with van der Waals surface area (Å²) in [6.45, 7) is 2.53. The molecule has 0 saturated heterocycles. The van der Waals surface area contributed by atoms with Gasteiger partial charge in [0.15, 0.2) is 11.9 Å². The first kappa shape index (κ1) is 55.6. The number of carboxylic acid groups (broad SMARTS) is 1. The SMILES string of the molecule is CCCCC/C=C\C/C=C\C/C=C\C/C=C\CCCCCC(=O)OC[C@H](COP(=O)(O)OC[C@H](N)C(=O)O)OC(=O)CCCCCCC/C=C\C=C\C(=O)CCCCC. The lowest BCUT2D eigenvalue weighted by Crippen LogP contribution is -2.34. The summed E-state index contributed by atoms with van der Waals surface area (Å²) in [6.07, 6.45) is 43.7. The van der Waals surface area contributed by atoms with E-state index in [2.05, 4.69) is 67.0 Å². The van der Waals surface area contributed by atoms with E-state index in [9.17, 15) is 28.6 Å². The zero-order valence-electron chi connectivity index (χ0n) is 36.1. The Morgan fingerprint density at radius 1 is 0.576 bits per heavy atom. The Balaban J connectivity index is 4.50. The van der Waals surface area contributed by atoms with E-state index in [1.165, 1.54) is 25.7 Å². The molecule has 0 amide bonds. The van der Waals surface area contributed by atoms with Gasteiger partial charge >= 0.3 is 25.7 Å². The Kier molecular flexibility index (Phi) is 37.7. The number of unbranched alkanes of at least 4 members (excludes halogenated alkanes) is 13. The van der Waals surface area contributed by atoms with Crippen molar-refractivity contribution in [2.75, 3.05) is 19.8 Å². The number of phosphoric ester groups is 1. The van der Waals surface area contributed by atoms with E-state index in [0.29, 0.717) is 19.3 Å². The molecule has 0 aliphatic rings. The molecule has 3 atom stereocenters. The Labute approximate surface area is 355 Å². The highest BCUT2D eigenvalue weighted by Gasteiger charge is 2.28. The van der Waals surface area contributed by atoms with Crippen molar-refractivity contribution in [2.45, 2.75) is 174 Å². The predicted molar refractivity (Wildman–Crippen MR) is 236 cm³/mol. The van der Waals surface area contributed by atoms with Crippen molar-refractivity contribution >= 4 is 31.5 Å². The fourth-order valence-electron chi connectivity index (χ4n) is 5.38. The molecule has 0 aliphatic heterocycles. The summed E-state index contributed by atoms with van der Waals surface area (Å²) >= 11 is 0. The third-order valence-electron chi connectivity index (χ3n) is 8.90. The first-order valence-electron chi connectivity index (χ1n) is 21.9. The van der Waals surface area contributed by atoms with Gasteiger partial charge in [0.1, 0.15) is 12.6 Å². The summed E-state index contributed by atoms with van der Waals surface area (Å²) in [5, 5.41) is 8.89. The van der Waals surface area contributed by atoms with Crippen LogP contribution >= 0.6 is 7.82 Å². The van der Waals surface area contributed by atoms with Gasteiger partial charge in [-0.1, -0.05) is 132 Å². The van der Waals surface area contributed by atoms with E-state index in [4.69, 9.17) is 24.8 Å². The summed E-state index contributed by atoms with van der Waals surface area (Å²) in [5.41, 5.74) is 5.32. The second kappa shape index (κ2) is 40.0. The number of esters is 2. The molecule has 0 aromatic heterocycles. The van der Waals surface area contributed by atoms with Crippen LogP contribution in [0.5, 0.6) is 0 Å². The molecule has 0 bridgehead atoms. The van der Waals surface area contributed by atoms with Crippen LogP contribution in [0.2, 0.25) is 0 Å². The van der Waals surface area contributed by atoms with E-state index in [1.807, 2.05) is 12.2 Å². The van der Waals surface area contributed by atoms with Crippen LogP contribution in [0, 0.1) is 0 Å². The van der Waals surface area contributed by atoms with E-state index < -0.39 is 57.7 Å². The standard InChI is InChI=1S/C46H76NO11P/c1-3-5-7-8-9-10-11-12-13-14-15-16-17-18-19-22-25-28-32-36-44(49)55-38-42(39-56-59(53,54)57-40-43(47)46(51)52)58-45(50)37-33-29-26-23-20-21-24-27-31-35-41(48)34-30-6-4-2/h9-10,12-13,15-16,18-19,24,27,31,35,42-43H,3-8,11,14,17,20-23,25-26,28-30,32-34,36-40,47H2,1-2H3,(H,51,52)(H,53,54)/b10-9-,13-12-,16-15-,19-18-,27-24-,35-31+/t42-,43+/m1/s1. The number of allylic oxidation sites excluding steroid dienone is 12. The minimum absolute atomic E-state index is 0.0988. The highest BCUT2D eigenvalue weighted by molar-refractivity contribution is 7.47. The molecule has 0 spiro atoms. The van der Waals surface area contributed by atoms with Crippen molar-refractivity contribution in [1.29, 1.82) is 0 Å². The van der Waals surface area contributed by atoms with Gasteiger partial charge < -0.3 is 25.2 Å². The lowest BCUT2D eigenvalue weighted by molar-refractivity contribution is -0.161. The Hall–Kier alpha value is -3.41. The number of nitrogens with two attached hydrogens (primary N) is 1. The fraction of sp³-hybridized carbons (Fsp3) is 0.652. The van der Waals surface area contributed by atoms with Gasteiger partial charge in [-0.15, -0.1) is 0 Å². The molecule has 336 valence electrons. The van der Waals surface area contributed by atoms with Crippen molar-refractivity contribution in [3.63, 3.8) is 0 Å². The van der Waals surface area contributed by atoms with Gasteiger partial charge in [-0.3, -0.25) is 28.2 Å². The van der Waals surface area contributed by atoms with Crippen LogP contribution in [0.1, 0.15) is 162 Å². The number of phosphoric acid groups is 1. The summed E-state index contributed by atoms with van der Waals surface area (Å²) in [4.78, 5) is 57.7.